The molecule has 0 atom stereocenters. The molecule has 120 valence electrons. The SMILES string of the molecule is CSc1nc2c(c(=O)n1C)C1(CCCCC1)Cc1ccccc1-2. The topological polar surface area (TPSA) is 34.9 Å². The maximum Gasteiger partial charge on any atom is 0.258 e. The second-order valence-electron chi connectivity index (χ2n) is 6.86. The molecule has 0 unspecified atom stereocenters. The molecule has 1 spiro atoms. The number of hydrogen-bond acceptors (Lipinski definition) is 3. The summed E-state index contributed by atoms with van der Waals surface area (Å²) >= 11 is 1.54. The Bertz CT molecular complexity index is 819. The summed E-state index contributed by atoms with van der Waals surface area (Å²) in [5.74, 6) is 0. The van der Waals surface area contributed by atoms with Crippen molar-refractivity contribution in [2.24, 2.45) is 7.05 Å². The zero-order chi connectivity index (χ0) is 16.0. The maximum atomic E-state index is 13.2. The predicted molar refractivity (Wildman–Crippen MR) is 95.2 cm³/mol. The van der Waals surface area contributed by atoms with Crippen molar-refractivity contribution >= 4 is 11.8 Å². The molecule has 0 aliphatic heterocycles. The predicted octanol–water partition coefficient (Wildman–Crippen LogP) is 3.93. The third-order valence-electron chi connectivity index (χ3n) is 5.57. The Labute approximate surface area is 141 Å². The molecule has 0 bridgehead atoms. The van der Waals surface area contributed by atoms with Gasteiger partial charge in [0.1, 0.15) is 0 Å². The standard InChI is InChI=1S/C19H22N2OS/c1-21-17(22)15-16(20-18(21)23-2)14-9-5-4-8-13(14)12-19(15)10-6-3-7-11-19/h4-5,8-9H,3,6-7,10-12H2,1-2H3. The Morgan fingerprint density at radius 3 is 2.65 bits per heavy atom. The summed E-state index contributed by atoms with van der Waals surface area (Å²) in [4.78, 5) is 18.1. The molecule has 1 fully saturated rings. The number of thioether (sulfide) groups is 1. The van der Waals surface area contributed by atoms with Crippen molar-refractivity contribution in [3.05, 3.63) is 45.7 Å². The number of rotatable bonds is 1. The first kappa shape index (κ1) is 15.0. The van der Waals surface area contributed by atoms with Gasteiger partial charge in [-0.2, -0.15) is 0 Å². The fraction of sp³-hybridized carbons (Fsp3) is 0.474. The molecular formula is C19H22N2OS. The van der Waals surface area contributed by atoms with Gasteiger partial charge in [-0.3, -0.25) is 9.36 Å². The molecular weight excluding hydrogens is 304 g/mol. The maximum absolute atomic E-state index is 13.2. The van der Waals surface area contributed by atoms with E-state index in [9.17, 15) is 4.79 Å². The van der Waals surface area contributed by atoms with Gasteiger partial charge in [0, 0.05) is 18.0 Å². The summed E-state index contributed by atoms with van der Waals surface area (Å²) in [6, 6.07) is 8.50. The Balaban J connectivity index is 2.06. The molecule has 1 saturated carbocycles. The fourth-order valence-electron chi connectivity index (χ4n) is 4.45. The average molecular weight is 326 g/mol. The summed E-state index contributed by atoms with van der Waals surface area (Å²) in [6.45, 7) is 0. The van der Waals surface area contributed by atoms with Crippen LogP contribution in [0.3, 0.4) is 0 Å². The lowest BCUT2D eigenvalue weighted by Gasteiger charge is -2.42. The quantitative estimate of drug-likeness (QED) is 0.588. The molecule has 1 heterocycles. The van der Waals surface area contributed by atoms with E-state index in [1.54, 1.807) is 16.3 Å². The molecule has 2 aromatic rings. The third-order valence-corrected chi connectivity index (χ3v) is 6.30. The average Bonchev–Trinajstić information content (AvgIpc) is 2.58. The zero-order valence-corrected chi connectivity index (χ0v) is 14.6. The van der Waals surface area contributed by atoms with E-state index >= 15 is 0 Å². The highest BCUT2D eigenvalue weighted by atomic mass is 32.2. The Hall–Kier alpha value is -1.55. The molecule has 2 aliphatic carbocycles. The molecule has 1 aromatic carbocycles. The van der Waals surface area contributed by atoms with Crippen LogP contribution in [0.15, 0.2) is 34.2 Å². The first-order chi connectivity index (χ1) is 11.2. The van der Waals surface area contributed by atoms with Gasteiger partial charge in [-0.05, 0) is 31.1 Å². The minimum atomic E-state index is 0.000712. The highest BCUT2D eigenvalue weighted by Gasteiger charge is 2.43. The van der Waals surface area contributed by atoms with Crippen LogP contribution in [0.2, 0.25) is 0 Å². The number of nitrogens with zero attached hydrogens (tertiary/aromatic N) is 2. The normalized spacial score (nSPS) is 18.5. The van der Waals surface area contributed by atoms with Crippen LogP contribution >= 0.6 is 11.8 Å². The second kappa shape index (κ2) is 5.52. The first-order valence-corrected chi connectivity index (χ1v) is 9.62. The van der Waals surface area contributed by atoms with Gasteiger partial charge >= 0.3 is 0 Å². The van der Waals surface area contributed by atoms with Gasteiger partial charge in [-0.15, -0.1) is 0 Å². The number of benzene rings is 1. The van der Waals surface area contributed by atoms with E-state index in [2.05, 4.69) is 24.3 Å². The molecule has 1 aromatic heterocycles. The molecule has 0 saturated heterocycles. The number of fused-ring (bicyclic) bond motifs is 4. The summed E-state index contributed by atoms with van der Waals surface area (Å²) in [6.07, 6.45) is 8.93. The summed E-state index contributed by atoms with van der Waals surface area (Å²) in [5.41, 5.74) is 4.61. The first-order valence-electron chi connectivity index (χ1n) is 8.40. The minimum absolute atomic E-state index is 0.000712. The van der Waals surface area contributed by atoms with Crippen LogP contribution in [0.5, 0.6) is 0 Å². The third kappa shape index (κ3) is 2.18. The largest absolute Gasteiger partial charge is 0.290 e. The van der Waals surface area contributed by atoms with Gasteiger partial charge in [-0.25, -0.2) is 4.98 Å². The summed E-state index contributed by atoms with van der Waals surface area (Å²) in [5, 5.41) is 0.802. The van der Waals surface area contributed by atoms with E-state index < -0.39 is 0 Å². The molecule has 2 aliphatic rings. The lowest BCUT2D eigenvalue weighted by Crippen LogP contribution is -2.42. The monoisotopic (exact) mass is 326 g/mol. The van der Waals surface area contributed by atoms with Gasteiger partial charge in [0.2, 0.25) is 0 Å². The second-order valence-corrected chi connectivity index (χ2v) is 7.63. The van der Waals surface area contributed by atoms with Gasteiger partial charge in [0.25, 0.3) is 5.56 Å². The minimum Gasteiger partial charge on any atom is -0.290 e. The Kier molecular flexibility index (Phi) is 3.60. The summed E-state index contributed by atoms with van der Waals surface area (Å²) in [7, 11) is 1.86. The van der Waals surface area contributed by atoms with Crippen LogP contribution < -0.4 is 5.56 Å². The van der Waals surface area contributed by atoms with E-state index in [0.29, 0.717) is 0 Å². The molecule has 3 nitrogen and oxygen atoms in total. The number of hydrogen-bond donors (Lipinski definition) is 0. The van der Waals surface area contributed by atoms with Crippen LogP contribution in [0.1, 0.15) is 43.2 Å². The van der Waals surface area contributed by atoms with E-state index in [0.717, 1.165) is 41.2 Å². The molecule has 0 N–H and O–H groups in total. The summed E-state index contributed by atoms with van der Waals surface area (Å²) < 4.78 is 1.74. The van der Waals surface area contributed by atoms with Crippen molar-refractivity contribution in [1.29, 1.82) is 0 Å². The van der Waals surface area contributed by atoms with Crippen molar-refractivity contribution in [1.82, 2.24) is 9.55 Å². The molecule has 0 amide bonds. The Morgan fingerprint density at radius 1 is 1.17 bits per heavy atom. The smallest absolute Gasteiger partial charge is 0.258 e. The molecule has 4 heteroatoms. The molecule has 0 radical (unpaired) electrons. The van der Waals surface area contributed by atoms with Crippen molar-refractivity contribution in [2.45, 2.75) is 49.1 Å². The Morgan fingerprint density at radius 2 is 1.91 bits per heavy atom. The van der Waals surface area contributed by atoms with Gasteiger partial charge in [-0.1, -0.05) is 55.3 Å². The highest BCUT2D eigenvalue weighted by molar-refractivity contribution is 7.98. The van der Waals surface area contributed by atoms with Crippen LogP contribution in [0.25, 0.3) is 11.3 Å². The van der Waals surface area contributed by atoms with E-state index in [1.807, 2.05) is 13.3 Å². The lowest BCUT2D eigenvalue weighted by atomic mass is 9.62. The van der Waals surface area contributed by atoms with Crippen molar-refractivity contribution in [3.8, 4) is 11.3 Å². The lowest BCUT2D eigenvalue weighted by molar-refractivity contribution is 0.283. The van der Waals surface area contributed by atoms with Crippen LogP contribution in [-0.2, 0) is 18.9 Å². The van der Waals surface area contributed by atoms with Crippen molar-refractivity contribution < 1.29 is 0 Å². The number of aromatic nitrogens is 2. The fourth-order valence-corrected chi connectivity index (χ4v) is 4.99. The van der Waals surface area contributed by atoms with Crippen LogP contribution in [-0.4, -0.2) is 15.8 Å². The highest BCUT2D eigenvalue weighted by Crippen LogP contribution is 2.48. The zero-order valence-electron chi connectivity index (χ0n) is 13.8. The van der Waals surface area contributed by atoms with Gasteiger partial charge in [0.05, 0.1) is 11.3 Å². The van der Waals surface area contributed by atoms with Crippen molar-refractivity contribution in [2.75, 3.05) is 6.26 Å². The molecule has 4 rings (SSSR count). The van der Waals surface area contributed by atoms with E-state index in [1.165, 1.54) is 24.8 Å². The molecule has 23 heavy (non-hydrogen) atoms. The van der Waals surface area contributed by atoms with Gasteiger partial charge in [0.15, 0.2) is 5.16 Å². The van der Waals surface area contributed by atoms with Crippen LogP contribution in [0.4, 0.5) is 0 Å². The van der Waals surface area contributed by atoms with E-state index in [-0.39, 0.29) is 11.0 Å². The van der Waals surface area contributed by atoms with Crippen LogP contribution in [0, 0.1) is 0 Å². The van der Waals surface area contributed by atoms with Crippen molar-refractivity contribution in [3.63, 3.8) is 0 Å². The van der Waals surface area contributed by atoms with E-state index in [4.69, 9.17) is 4.98 Å². The van der Waals surface area contributed by atoms with Gasteiger partial charge < -0.3 is 0 Å².